The monoisotopic (exact) mass is 658 g/mol. The maximum Gasteiger partial charge on any atom is 0.245 e. The fraction of sp³-hybridized carbons (Fsp3) is 0.531. The second-order valence-electron chi connectivity index (χ2n) is 12.5. The van der Waals surface area contributed by atoms with Crippen molar-refractivity contribution < 1.29 is 22.8 Å². The zero-order valence-electron chi connectivity index (χ0n) is 25.6. The predicted octanol–water partition coefficient (Wildman–Crippen LogP) is 1.74. The van der Waals surface area contributed by atoms with Gasteiger partial charge in [0.2, 0.25) is 27.7 Å². The molecule has 3 atom stereocenters. The first kappa shape index (κ1) is 33.3. The van der Waals surface area contributed by atoms with Crippen molar-refractivity contribution in [3.05, 3.63) is 70.2 Å². The normalized spacial score (nSPS) is 23.5. The maximum atomic E-state index is 14.3. The average Bonchev–Trinajstić information content (AvgIpc) is 3.51. The van der Waals surface area contributed by atoms with E-state index in [1.165, 1.54) is 4.90 Å². The molecule has 2 aromatic carbocycles. The maximum absolute atomic E-state index is 14.3. The summed E-state index contributed by atoms with van der Waals surface area (Å²) in [5.74, 6) is -2.00. The van der Waals surface area contributed by atoms with E-state index in [0.29, 0.717) is 35.9 Å². The van der Waals surface area contributed by atoms with E-state index in [1.54, 1.807) is 54.4 Å². The second kappa shape index (κ2) is 14.2. The second-order valence-corrected chi connectivity index (χ2v) is 14.6. The predicted molar refractivity (Wildman–Crippen MR) is 172 cm³/mol. The standard InChI is InChI=1S/C32H43ClN6O5S/c1-38(20-22-11-13-35-14-12-22)30(41)27-17-32(27,37-45(43,44)21-23-6-3-2-4-7-23)31(42)39-15-5-8-28(39)29(40)36-19-25-16-26(33)10-9-24(25)18-34/h2-4,6-7,9-10,16,22,27-28,35,37H,5,8,11-15,17-21,34H2,1H3,(H,36,40)/t27?,28-,32?/m0/s1. The Morgan fingerprint density at radius 3 is 2.53 bits per heavy atom. The number of amides is 3. The van der Waals surface area contributed by atoms with Gasteiger partial charge in [-0.25, -0.2) is 8.42 Å². The van der Waals surface area contributed by atoms with Gasteiger partial charge in [-0.1, -0.05) is 48.0 Å². The van der Waals surface area contributed by atoms with Gasteiger partial charge in [0.05, 0.1) is 11.7 Å². The minimum absolute atomic E-state index is 0.0441. The Morgan fingerprint density at radius 1 is 1.09 bits per heavy atom. The Labute approximate surface area is 270 Å². The topological polar surface area (TPSA) is 154 Å². The van der Waals surface area contributed by atoms with Crippen molar-refractivity contribution in [1.82, 2.24) is 25.2 Å². The van der Waals surface area contributed by atoms with Crippen LogP contribution in [0.5, 0.6) is 0 Å². The number of hydrogen-bond donors (Lipinski definition) is 4. The fourth-order valence-electron chi connectivity index (χ4n) is 6.67. The van der Waals surface area contributed by atoms with Crippen molar-refractivity contribution in [3.63, 3.8) is 0 Å². The number of halogens is 1. The molecule has 3 fully saturated rings. The number of sulfonamides is 1. The number of nitrogens with one attached hydrogen (secondary N) is 3. The van der Waals surface area contributed by atoms with Crippen molar-refractivity contribution in [2.24, 2.45) is 17.6 Å². The molecule has 5 rings (SSSR count). The van der Waals surface area contributed by atoms with E-state index in [9.17, 15) is 22.8 Å². The van der Waals surface area contributed by atoms with Gasteiger partial charge in [-0.05, 0) is 79.9 Å². The van der Waals surface area contributed by atoms with Gasteiger partial charge in [-0.2, -0.15) is 4.72 Å². The molecule has 2 heterocycles. The summed E-state index contributed by atoms with van der Waals surface area (Å²) in [6, 6.07) is 13.2. The zero-order valence-corrected chi connectivity index (χ0v) is 27.2. The van der Waals surface area contributed by atoms with Crippen LogP contribution in [0.3, 0.4) is 0 Å². The van der Waals surface area contributed by atoms with E-state index in [0.717, 1.165) is 37.1 Å². The molecule has 3 aliphatic rings. The third-order valence-corrected chi connectivity index (χ3v) is 10.8. The minimum Gasteiger partial charge on any atom is -0.350 e. The zero-order chi connectivity index (χ0) is 32.2. The van der Waals surface area contributed by atoms with Crippen LogP contribution >= 0.6 is 11.6 Å². The first-order valence-electron chi connectivity index (χ1n) is 15.6. The largest absolute Gasteiger partial charge is 0.350 e. The number of piperidine rings is 1. The highest BCUT2D eigenvalue weighted by atomic mass is 35.5. The van der Waals surface area contributed by atoms with Crippen molar-refractivity contribution in [2.75, 3.05) is 33.2 Å². The van der Waals surface area contributed by atoms with E-state index in [4.69, 9.17) is 17.3 Å². The summed E-state index contributed by atoms with van der Waals surface area (Å²) in [5.41, 5.74) is 6.41. The summed E-state index contributed by atoms with van der Waals surface area (Å²) in [7, 11) is -2.30. The SMILES string of the molecule is CN(CC1CCNCC1)C(=O)C1CC1(NS(=O)(=O)Cc1ccccc1)C(=O)N1CCC[C@H]1C(=O)NCc1cc(Cl)ccc1CN. The molecule has 0 aromatic heterocycles. The molecule has 13 heteroatoms. The number of carbonyl (C=O) groups is 3. The smallest absolute Gasteiger partial charge is 0.245 e. The molecule has 5 N–H and O–H groups in total. The Bertz CT molecular complexity index is 1500. The van der Waals surface area contributed by atoms with Crippen LogP contribution in [0.15, 0.2) is 48.5 Å². The van der Waals surface area contributed by atoms with E-state index in [2.05, 4.69) is 15.4 Å². The minimum atomic E-state index is -4.02. The molecule has 244 valence electrons. The van der Waals surface area contributed by atoms with Gasteiger partial charge in [0.25, 0.3) is 0 Å². The van der Waals surface area contributed by atoms with Crippen molar-refractivity contribution in [3.8, 4) is 0 Å². The highest BCUT2D eigenvalue weighted by Crippen LogP contribution is 2.48. The number of benzene rings is 2. The third-order valence-electron chi connectivity index (χ3n) is 9.20. The lowest BCUT2D eigenvalue weighted by molar-refractivity contribution is -0.142. The van der Waals surface area contributed by atoms with Gasteiger partial charge in [-0.3, -0.25) is 14.4 Å². The number of rotatable bonds is 12. The molecule has 1 aliphatic carbocycles. The van der Waals surface area contributed by atoms with Gasteiger partial charge < -0.3 is 26.2 Å². The number of hydrogen-bond acceptors (Lipinski definition) is 7. The van der Waals surface area contributed by atoms with E-state index < -0.39 is 33.4 Å². The highest BCUT2D eigenvalue weighted by Gasteiger charge is 2.67. The van der Waals surface area contributed by atoms with Gasteiger partial charge in [0.15, 0.2) is 0 Å². The highest BCUT2D eigenvalue weighted by molar-refractivity contribution is 7.88. The summed E-state index contributed by atoms with van der Waals surface area (Å²) < 4.78 is 29.6. The van der Waals surface area contributed by atoms with Crippen LogP contribution in [0.4, 0.5) is 0 Å². The molecule has 0 radical (unpaired) electrons. The lowest BCUT2D eigenvalue weighted by atomic mass is 9.97. The first-order valence-corrected chi connectivity index (χ1v) is 17.6. The molecule has 3 amide bonds. The van der Waals surface area contributed by atoms with Gasteiger partial charge in [0.1, 0.15) is 11.6 Å². The molecule has 2 saturated heterocycles. The molecule has 1 saturated carbocycles. The van der Waals surface area contributed by atoms with Gasteiger partial charge >= 0.3 is 0 Å². The summed E-state index contributed by atoms with van der Waals surface area (Å²) >= 11 is 6.16. The molecule has 45 heavy (non-hydrogen) atoms. The van der Waals surface area contributed by atoms with E-state index >= 15 is 0 Å². The summed E-state index contributed by atoms with van der Waals surface area (Å²) in [6.45, 7) is 3.07. The van der Waals surface area contributed by atoms with Crippen LogP contribution in [-0.2, 0) is 43.2 Å². The number of likely N-dealkylation sites (tertiary alicyclic amines) is 1. The van der Waals surface area contributed by atoms with Crippen LogP contribution < -0.4 is 21.1 Å². The number of nitrogens with two attached hydrogens (primary N) is 1. The quantitative estimate of drug-likeness (QED) is 0.271. The Kier molecular flexibility index (Phi) is 10.5. The van der Waals surface area contributed by atoms with Crippen LogP contribution in [0, 0.1) is 11.8 Å². The summed E-state index contributed by atoms with van der Waals surface area (Å²) in [6.07, 6.45) is 2.95. The lowest BCUT2D eigenvalue weighted by Crippen LogP contribution is -2.57. The molecular formula is C32H43ClN6O5S. The van der Waals surface area contributed by atoms with E-state index in [-0.39, 0.29) is 43.6 Å². The lowest BCUT2D eigenvalue weighted by Gasteiger charge is -2.31. The first-order chi connectivity index (χ1) is 21.5. The van der Waals surface area contributed by atoms with Gasteiger partial charge in [-0.15, -0.1) is 0 Å². The molecule has 11 nitrogen and oxygen atoms in total. The summed E-state index contributed by atoms with van der Waals surface area (Å²) in [4.78, 5) is 44.6. The van der Waals surface area contributed by atoms with Crippen LogP contribution in [-0.4, -0.2) is 80.7 Å². The summed E-state index contributed by atoms with van der Waals surface area (Å²) in [5, 5.41) is 6.76. The molecule has 2 aromatic rings. The van der Waals surface area contributed by atoms with Crippen molar-refractivity contribution in [2.45, 2.75) is 62.5 Å². The fourth-order valence-corrected chi connectivity index (χ4v) is 8.43. The Hall–Kier alpha value is -3.03. The number of nitrogens with zero attached hydrogens (tertiary/aromatic N) is 2. The molecule has 0 bridgehead atoms. The molecule has 2 unspecified atom stereocenters. The van der Waals surface area contributed by atoms with Crippen LogP contribution in [0.1, 0.15) is 48.8 Å². The Morgan fingerprint density at radius 2 is 1.82 bits per heavy atom. The molecule has 0 spiro atoms. The van der Waals surface area contributed by atoms with Crippen molar-refractivity contribution >= 4 is 39.3 Å². The van der Waals surface area contributed by atoms with Crippen LogP contribution in [0.25, 0.3) is 0 Å². The van der Waals surface area contributed by atoms with Crippen LogP contribution in [0.2, 0.25) is 5.02 Å². The average molecular weight is 659 g/mol. The Balaban J connectivity index is 1.34. The molecule has 2 aliphatic heterocycles. The third kappa shape index (κ3) is 7.86. The van der Waals surface area contributed by atoms with E-state index in [1.807, 2.05) is 6.07 Å². The van der Waals surface area contributed by atoms with Gasteiger partial charge in [0, 0.05) is 38.2 Å². The number of carbonyl (C=O) groups excluding carboxylic acids is 3. The molecular weight excluding hydrogens is 616 g/mol. The van der Waals surface area contributed by atoms with Crippen molar-refractivity contribution in [1.29, 1.82) is 0 Å².